The Balaban J connectivity index is 2.82. The lowest BCUT2D eigenvalue weighted by Gasteiger charge is -2.05. The highest BCUT2D eigenvalue weighted by atomic mass is 16.5. The SMILES string of the molecule is COC(=O)c1cn[nH]c1C[C@H](N)C(=O)O. The van der Waals surface area contributed by atoms with E-state index in [1.54, 1.807) is 0 Å². The summed E-state index contributed by atoms with van der Waals surface area (Å²) in [6, 6.07) is -1.08. The van der Waals surface area contributed by atoms with Crippen molar-refractivity contribution < 1.29 is 19.4 Å². The number of rotatable bonds is 4. The highest BCUT2D eigenvalue weighted by molar-refractivity contribution is 5.90. The summed E-state index contributed by atoms with van der Waals surface area (Å²) in [5.41, 5.74) is 5.88. The molecule has 0 unspecified atom stereocenters. The Hall–Kier alpha value is -1.89. The number of aromatic amines is 1. The number of carbonyl (C=O) groups is 2. The lowest BCUT2D eigenvalue weighted by atomic mass is 10.1. The Morgan fingerprint density at radius 2 is 2.40 bits per heavy atom. The van der Waals surface area contributed by atoms with Crippen molar-refractivity contribution in [1.82, 2.24) is 10.2 Å². The van der Waals surface area contributed by atoms with Crippen LogP contribution < -0.4 is 5.73 Å². The van der Waals surface area contributed by atoms with Crippen molar-refractivity contribution in [3.05, 3.63) is 17.5 Å². The molecule has 7 nitrogen and oxygen atoms in total. The molecule has 82 valence electrons. The van der Waals surface area contributed by atoms with Gasteiger partial charge in [-0.2, -0.15) is 5.10 Å². The minimum Gasteiger partial charge on any atom is -0.480 e. The van der Waals surface area contributed by atoms with Gasteiger partial charge in [0.1, 0.15) is 11.6 Å². The average molecular weight is 213 g/mol. The zero-order chi connectivity index (χ0) is 11.4. The van der Waals surface area contributed by atoms with E-state index in [9.17, 15) is 9.59 Å². The molecule has 15 heavy (non-hydrogen) atoms. The number of aromatic nitrogens is 2. The topological polar surface area (TPSA) is 118 Å². The molecule has 0 saturated carbocycles. The zero-order valence-electron chi connectivity index (χ0n) is 8.06. The molecule has 1 heterocycles. The Labute approximate surface area is 85.2 Å². The van der Waals surface area contributed by atoms with Crippen molar-refractivity contribution in [2.24, 2.45) is 5.73 Å². The summed E-state index contributed by atoms with van der Waals surface area (Å²) in [7, 11) is 1.23. The summed E-state index contributed by atoms with van der Waals surface area (Å²) in [4.78, 5) is 21.7. The fourth-order valence-electron chi connectivity index (χ4n) is 1.06. The number of nitrogens with one attached hydrogen (secondary N) is 1. The smallest absolute Gasteiger partial charge is 0.341 e. The number of H-pyrrole nitrogens is 1. The number of hydrogen-bond donors (Lipinski definition) is 3. The van der Waals surface area contributed by atoms with Crippen molar-refractivity contribution in [2.45, 2.75) is 12.5 Å². The molecule has 1 aromatic heterocycles. The lowest BCUT2D eigenvalue weighted by molar-refractivity contribution is -0.138. The standard InChI is InChI=1S/C8H11N3O4/c1-15-8(14)4-3-10-11-6(4)2-5(9)7(12)13/h3,5H,2,9H2,1H3,(H,10,11)(H,12,13)/t5-/m0/s1. The number of nitrogens with zero attached hydrogens (tertiary/aromatic N) is 1. The first-order chi connectivity index (χ1) is 7.06. The van der Waals surface area contributed by atoms with Gasteiger partial charge < -0.3 is 15.6 Å². The highest BCUT2D eigenvalue weighted by Gasteiger charge is 2.19. The van der Waals surface area contributed by atoms with Crippen LogP contribution in [-0.2, 0) is 16.0 Å². The Kier molecular flexibility index (Phi) is 3.40. The van der Waals surface area contributed by atoms with E-state index >= 15 is 0 Å². The van der Waals surface area contributed by atoms with Gasteiger partial charge in [-0.25, -0.2) is 4.79 Å². The van der Waals surface area contributed by atoms with Crippen LogP contribution in [0, 0.1) is 0 Å². The third kappa shape index (κ3) is 2.53. The van der Waals surface area contributed by atoms with Gasteiger partial charge in [-0.1, -0.05) is 0 Å². The average Bonchev–Trinajstić information content (AvgIpc) is 2.64. The first-order valence-corrected chi connectivity index (χ1v) is 4.15. The maximum Gasteiger partial charge on any atom is 0.341 e. The van der Waals surface area contributed by atoms with Crippen molar-refractivity contribution in [1.29, 1.82) is 0 Å². The second-order valence-electron chi connectivity index (χ2n) is 2.90. The molecule has 0 aliphatic heterocycles. The van der Waals surface area contributed by atoms with E-state index in [-0.39, 0.29) is 12.0 Å². The number of ether oxygens (including phenoxy) is 1. The number of nitrogens with two attached hydrogens (primary N) is 1. The molecule has 0 fully saturated rings. The fraction of sp³-hybridized carbons (Fsp3) is 0.375. The van der Waals surface area contributed by atoms with Crippen molar-refractivity contribution >= 4 is 11.9 Å². The van der Waals surface area contributed by atoms with Gasteiger partial charge in [-0.15, -0.1) is 0 Å². The minimum absolute atomic E-state index is 0.000231. The fourth-order valence-corrected chi connectivity index (χ4v) is 1.06. The summed E-state index contributed by atoms with van der Waals surface area (Å²) in [6.07, 6.45) is 1.27. The van der Waals surface area contributed by atoms with Gasteiger partial charge in [0, 0.05) is 6.42 Å². The van der Waals surface area contributed by atoms with Gasteiger partial charge in [0.25, 0.3) is 0 Å². The van der Waals surface area contributed by atoms with Crippen LogP contribution in [0.2, 0.25) is 0 Å². The van der Waals surface area contributed by atoms with Crippen molar-refractivity contribution in [3.8, 4) is 0 Å². The lowest BCUT2D eigenvalue weighted by Crippen LogP contribution is -2.32. The Bertz CT molecular complexity index is 374. The third-order valence-electron chi connectivity index (χ3n) is 1.86. The third-order valence-corrected chi connectivity index (χ3v) is 1.86. The zero-order valence-corrected chi connectivity index (χ0v) is 8.06. The Morgan fingerprint density at radius 1 is 1.73 bits per heavy atom. The summed E-state index contributed by atoms with van der Waals surface area (Å²) >= 11 is 0. The molecule has 0 radical (unpaired) electrons. The van der Waals surface area contributed by atoms with Crippen LogP contribution in [0.5, 0.6) is 0 Å². The molecule has 0 spiro atoms. The second kappa shape index (κ2) is 4.56. The van der Waals surface area contributed by atoms with Crippen molar-refractivity contribution in [2.75, 3.05) is 7.11 Å². The quantitative estimate of drug-likeness (QED) is 0.560. The summed E-state index contributed by atoms with van der Waals surface area (Å²) < 4.78 is 4.49. The molecular formula is C8H11N3O4. The molecule has 0 aliphatic rings. The molecule has 1 atom stereocenters. The highest BCUT2D eigenvalue weighted by Crippen LogP contribution is 2.08. The normalized spacial score (nSPS) is 12.1. The van der Waals surface area contributed by atoms with Gasteiger partial charge in [0.05, 0.1) is 19.0 Å². The summed E-state index contributed by atoms with van der Waals surface area (Å²) in [6.45, 7) is 0. The molecule has 0 aromatic carbocycles. The van der Waals surface area contributed by atoms with Gasteiger partial charge >= 0.3 is 11.9 Å². The van der Waals surface area contributed by atoms with Crippen LogP contribution in [0.3, 0.4) is 0 Å². The number of carbonyl (C=O) groups excluding carboxylic acids is 1. The molecule has 0 saturated heterocycles. The van der Waals surface area contributed by atoms with Gasteiger partial charge in [0.15, 0.2) is 0 Å². The van der Waals surface area contributed by atoms with Gasteiger partial charge in [-0.05, 0) is 0 Å². The first kappa shape index (κ1) is 11.2. The van der Waals surface area contributed by atoms with Gasteiger partial charge in [-0.3, -0.25) is 9.89 Å². The van der Waals surface area contributed by atoms with Crippen molar-refractivity contribution in [3.63, 3.8) is 0 Å². The predicted octanol–water partition coefficient (Wildman–Crippen LogP) is -0.849. The van der Waals surface area contributed by atoms with Crippen LogP contribution in [0.25, 0.3) is 0 Å². The monoisotopic (exact) mass is 213 g/mol. The van der Waals surface area contributed by atoms with Crippen LogP contribution in [0.4, 0.5) is 0 Å². The maximum atomic E-state index is 11.2. The molecule has 0 amide bonds. The summed E-state index contributed by atoms with van der Waals surface area (Å²) in [5.74, 6) is -1.71. The molecule has 1 rings (SSSR count). The van der Waals surface area contributed by atoms with Crippen LogP contribution in [0.15, 0.2) is 6.20 Å². The maximum absolute atomic E-state index is 11.2. The first-order valence-electron chi connectivity index (χ1n) is 4.15. The van der Waals surface area contributed by atoms with E-state index in [4.69, 9.17) is 10.8 Å². The number of esters is 1. The Morgan fingerprint density at radius 3 is 2.93 bits per heavy atom. The molecule has 7 heteroatoms. The van der Waals surface area contributed by atoms with E-state index in [2.05, 4.69) is 14.9 Å². The molecule has 0 bridgehead atoms. The van der Waals surface area contributed by atoms with E-state index in [0.29, 0.717) is 5.69 Å². The van der Waals surface area contributed by atoms with E-state index in [1.165, 1.54) is 13.3 Å². The molecule has 0 aliphatic carbocycles. The molecular weight excluding hydrogens is 202 g/mol. The number of carboxylic acids is 1. The molecule has 4 N–H and O–H groups in total. The minimum atomic E-state index is -1.14. The number of hydrogen-bond acceptors (Lipinski definition) is 5. The molecule has 1 aromatic rings. The van der Waals surface area contributed by atoms with Crippen LogP contribution in [-0.4, -0.2) is 40.4 Å². The predicted molar refractivity (Wildman–Crippen MR) is 49.2 cm³/mol. The summed E-state index contributed by atoms with van der Waals surface area (Å²) in [5, 5.41) is 14.7. The second-order valence-corrected chi connectivity index (χ2v) is 2.90. The van der Waals surface area contributed by atoms with Crippen LogP contribution >= 0.6 is 0 Å². The van der Waals surface area contributed by atoms with E-state index in [0.717, 1.165) is 0 Å². The number of carboxylic acid groups (broad SMARTS) is 1. The van der Waals surface area contributed by atoms with Gasteiger partial charge in [0.2, 0.25) is 0 Å². The number of methoxy groups -OCH3 is 1. The van der Waals surface area contributed by atoms with Crippen LogP contribution in [0.1, 0.15) is 16.1 Å². The largest absolute Gasteiger partial charge is 0.480 e. The van der Waals surface area contributed by atoms with E-state index in [1.807, 2.05) is 0 Å². The van der Waals surface area contributed by atoms with E-state index < -0.39 is 18.0 Å². The number of aliphatic carboxylic acids is 1.